The summed E-state index contributed by atoms with van der Waals surface area (Å²) >= 11 is 5.15. The Labute approximate surface area is 176 Å². The van der Waals surface area contributed by atoms with Gasteiger partial charge >= 0.3 is 0 Å². The molecule has 0 unspecified atom stereocenters. The largest absolute Gasteiger partial charge is 0.545 e. The highest BCUT2D eigenvalue weighted by Crippen LogP contribution is 2.26. The first-order valence-electron chi connectivity index (χ1n) is 8.82. The van der Waals surface area contributed by atoms with Gasteiger partial charge in [-0.3, -0.25) is 19.8 Å². The van der Waals surface area contributed by atoms with Gasteiger partial charge in [0.1, 0.15) is 17.1 Å². The second kappa shape index (κ2) is 7.76. The molecule has 30 heavy (non-hydrogen) atoms. The number of furan rings is 1. The number of benzene rings is 2. The number of thiocarbonyl (C=S) groups is 1. The van der Waals surface area contributed by atoms with Crippen LogP contribution in [-0.2, 0) is 9.59 Å². The van der Waals surface area contributed by atoms with E-state index in [9.17, 15) is 19.5 Å². The highest BCUT2D eigenvalue weighted by atomic mass is 32.1. The molecule has 0 bridgehead atoms. The molecule has 1 aromatic heterocycles. The zero-order valence-electron chi connectivity index (χ0n) is 15.3. The summed E-state index contributed by atoms with van der Waals surface area (Å²) in [5.41, 5.74) is 0.917. The van der Waals surface area contributed by atoms with Crippen molar-refractivity contribution in [2.75, 3.05) is 4.90 Å². The molecule has 0 radical (unpaired) electrons. The lowest BCUT2D eigenvalue weighted by atomic mass is 10.1. The summed E-state index contributed by atoms with van der Waals surface area (Å²) in [4.78, 5) is 37.6. The minimum absolute atomic E-state index is 0.00687. The van der Waals surface area contributed by atoms with Crippen molar-refractivity contribution in [1.82, 2.24) is 5.32 Å². The van der Waals surface area contributed by atoms with E-state index >= 15 is 0 Å². The third-order valence-corrected chi connectivity index (χ3v) is 4.70. The number of hydrogen-bond donors (Lipinski definition) is 1. The van der Waals surface area contributed by atoms with E-state index in [1.165, 1.54) is 23.1 Å². The number of aromatic carboxylic acids is 1. The summed E-state index contributed by atoms with van der Waals surface area (Å²) in [5, 5.41) is 13.5. The SMILES string of the molecule is O=C1NC(=S)N(c2ccccc2)C(=O)/C1=C\c1ccc(-c2cccc(C(=O)[O-])c2)o1. The molecule has 4 rings (SSSR count). The summed E-state index contributed by atoms with van der Waals surface area (Å²) < 4.78 is 5.70. The van der Waals surface area contributed by atoms with Crippen molar-refractivity contribution in [2.24, 2.45) is 0 Å². The number of nitrogens with one attached hydrogen (secondary N) is 1. The van der Waals surface area contributed by atoms with E-state index in [1.54, 1.807) is 54.6 Å². The van der Waals surface area contributed by atoms with E-state index in [0.29, 0.717) is 17.0 Å². The second-order valence-corrected chi connectivity index (χ2v) is 6.75. The Bertz CT molecular complexity index is 1210. The monoisotopic (exact) mass is 417 g/mol. The van der Waals surface area contributed by atoms with Crippen LogP contribution in [0.5, 0.6) is 0 Å². The Kier molecular flexibility index (Phi) is 4.99. The van der Waals surface area contributed by atoms with Gasteiger partial charge in [-0.05, 0) is 54.2 Å². The van der Waals surface area contributed by atoms with Crippen molar-refractivity contribution < 1.29 is 23.9 Å². The first-order valence-corrected chi connectivity index (χ1v) is 9.23. The molecule has 1 N–H and O–H groups in total. The van der Waals surface area contributed by atoms with Gasteiger partial charge < -0.3 is 14.3 Å². The lowest BCUT2D eigenvalue weighted by molar-refractivity contribution is -0.255. The molecule has 0 spiro atoms. The predicted molar refractivity (Wildman–Crippen MR) is 111 cm³/mol. The Morgan fingerprint density at radius 2 is 1.80 bits per heavy atom. The number of rotatable bonds is 4. The number of carboxylic acid groups (broad SMARTS) is 1. The number of hydrogen-bond acceptors (Lipinski definition) is 6. The molecule has 1 saturated heterocycles. The Balaban J connectivity index is 1.67. The normalized spacial score (nSPS) is 15.4. The van der Waals surface area contributed by atoms with Gasteiger partial charge in [-0.1, -0.05) is 36.4 Å². The molecule has 2 aromatic carbocycles. The summed E-state index contributed by atoms with van der Waals surface area (Å²) in [6.07, 6.45) is 1.32. The molecule has 3 aromatic rings. The average molecular weight is 417 g/mol. The van der Waals surface area contributed by atoms with E-state index < -0.39 is 17.8 Å². The molecule has 0 saturated carbocycles. The van der Waals surface area contributed by atoms with Gasteiger partial charge in [-0.15, -0.1) is 0 Å². The molecule has 1 fully saturated rings. The molecule has 2 heterocycles. The van der Waals surface area contributed by atoms with Crippen LogP contribution in [0.25, 0.3) is 17.4 Å². The highest BCUT2D eigenvalue weighted by Gasteiger charge is 2.34. The van der Waals surface area contributed by atoms with Crippen molar-refractivity contribution in [2.45, 2.75) is 0 Å². The van der Waals surface area contributed by atoms with Crippen LogP contribution in [0.2, 0.25) is 0 Å². The Hall–Kier alpha value is -4.04. The number of carbonyl (C=O) groups excluding carboxylic acids is 3. The van der Waals surface area contributed by atoms with Crippen LogP contribution in [0.4, 0.5) is 5.69 Å². The summed E-state index contributed by atoms with van der Waals surface area (Å²) in [7, 11) is 0. The number of nitrogens with zero attached hydrogens (tertiary/aromatic N) is 1. The van der Waals surface area contributed by atoms with E-state index in [1.807, 2.05) is 0 Å². The summed E-state index contributed by atoms with van der Waals surface area (Å²) in [6.45, 7) is 0. The van der Waals surface area contributed by atoms with Gasteiger partial charge in [-0.2, -0.15) is 0 Å². The number of carbonyl (C=O) groups is 3. The maximum Gasteiger partial charge on any atom is 0.270 e. The van der Waals surface area contributed by atoms with Gasteiger partial charge in [0.2, 0.25) is 0 Å². The number of anilines is 1. The van der Waals surface area contributed by atoms with Crippen LogP contribution in [0, 0.1) is 0 Å². The molecular weight excluding hydrogens is 404 g/mol. The highest BCUT2D eigenvalue weighted by molar-refractivity contribution is 7.80. The van der Waals surface area contributed by atoms with Gasteiger partial charge in [0.15, 0.2) is 5.11 Å². The number of para-hydroxylation sites is 1. The fourth-order valence-corrected chi connectivity index (χ4v) is 3.28. The van der Waals surface area contributed by atoms with Crippen molar-refractivity contribution in [1.29, 1.82) is 0 Å². The summed E-state index contributed by atoms with van der Waals surface area (Å²) in [5.74, 6) is -1.87. The van der Waals surface area contributed by atoms with Crippen LogP contribution in [0.1, 0.15) is 16.1 Å². The molecule has 148 valence electrons. The van der Waals surface area contributed by atoms with Crippen LogP contribution in [-0.4, -0.2) is 22.9 Å². The van der Waals surface area contributed by atoms with Crippen molar-refractivity contribution >= 4 is 46.9 Å². The number of carboxylic acids is 1. The summed E-state index contributed by atoms with van der Waals surface area (Å²) in [6, 6.07) is 18.0. The lowest BCUT2D eigenvalue weighted by Crippen LogP contribution is -2.54. The topological polar surface area (TPSA) is 103 Å². The molecular formula is C22H13N2O5S-. The first-order chi connectivity index (χ1) is 14.4. The van der Waals surface area contributed by atoms with Crippen molar-refractivity contribution in [3.05, 3.63) is 83.6 Å². The van der Waals surface area contributed by atoms with Crippen molar-refractivity contribution in [3.63, 3.8) is 0 Å². The minimum Gasteiger partial charge on any atom is -0.545 e. The van der Waals surface area contributed by atoms with E-state index in [2.05, 4.69) is 5.32 Å². The standard InChI is InChI=1S/C22H14N2O5S/c25-19-17(20(26)24(22(30)23-19)15-7-2-1-3-8-15)12-16-9-10-18(29-16)13-5-4-6-14(11-13)21(27)28/h1-12H,(H,27,28)(H,23,25,30)/p-1/b17-12-. The minimum atomic E-state index is -1.30. The predicted octanol–water partition coefficient (Wildman–Crippen LogP) is 2.14. The zero-order chi connectivity index (χ0) is 21.3. The zero-order valence-corrected chi connectivity index (χ0v) is 16.1. The maximum atomic E-state index is 12.9. The Morgan fingerprint density at radius 3 is 2.53 bits per heavy atom. The van der Waals surface area contributed by atoms with Gasteiger partial charge in [0, 0.05) is 5.56 Å². The van der Waals surface area contributed by atoms with Gasteiger partial charge in [0.05, 0.1) is 11.7 Å². The molecule has 7 nitrogen and oxygen atoms in total. The average Bonchev–Trinajstić information content (AvgIpc) is 3.21. The van der Waals surface area contributed by atoms with Crippen LogP contribution < -0.4 is 15.3 Å². The first kappa shape index (κ1) is 19.3. The van der Waals surface area contributed by atoms with Crippen LogP contribution >= 0.6 is 12.2 Å². The fourth-order valence-electron chi connectivity index (χ4n) is 3.00. The molecule has 1 aliphatic heterocycles. The molecule has 2 amide bonds. The third kappa shape index (κ3) is 3.63. The molecule has 0 aliphatic carbocycles. The fraction of sp³-hybridized carbons (Fsp3) is 0. The second-order valence-electron chi connectivity index (χ2n) is 6.36. The van der Waals surface area contributed by atoms with Gasteiger partial charge in [0.25, 0.3) is 11.8 Å². The lowest BCUT2D eigenvalue weighted by Gasteiger charge is -2.28. The Morgan fingerprint density at radius 1 is 1.03 bits per heavy atom. The van der Waals surface area contributed by atoms with Crippen LogP contribution in [0.15, 0.2) is 76.7 Å². The van der Waals surface area contributed by atoms with E-state index in [0.717, 1.165) is 0 Å². The smallest absolute Gasteiger partial charge is 0.270 e. The molecule has 8 heteroatoms. The van der Waals surface area contributed by atoms with E-state index in [4.69, 9.17) is 16.6 Å². The maximum absolute atomic E-state index is 12.9. The van der Waals surface area contributed by atoms with Crippen molar-refractivity contribution in [3.8, 4) is 11.3 Å². The van der Waals surface area contributed by atoms with Gasteiger partial charge in [-0.25, -0.2) is 0 Å². The van der Waals surface area contributed by atoms with E-state index in [-0.39, 0.29) is 22.0 Å². The quantitative estimate of drug-likeness (QED) is 0.396. The molecule has 0 atom stereocenters. The third-order valence-electron chi connectivity index (χ3n) is 4.41. The molecule has 1 aliphatic rings. The van der Waals surface area contributed by atoms with Crippen LogP contribution in [0.3, 0.4) is 0 Å². The number of amides is 2.